The minimum absolute atomic E-state index is 0.646. The molecule has 1 aromatic heterocycles. The Kier molecular flexibility index (Phi) is 7.45. The zero-order valence-corrected chi connectivity index (χ0v) is 27.4. The molecule has 0 radical (unpaired) electrons. The van der Waals surface area contributed by atoms with Gasteiger partial charge in [0, 0.05) is 27.3 Å². The summed E-state index contributed by atoms with van der Waals surface area (Å²) in [6.07, 6.45) is 0. The molecule has 0 unspecified atom stereocenters. The van der Waals surface area contributed by atoms with E-state index in [0.717, 1.165) is 28.1 Å². The van der Waals surface area contributed by atoms with Crippen molar-refractivity contribution < 1.29 is 0 Å². The van der Waals surface area contributed by atoms with E-state index in [-0.39, 0.29) is 0 Å². The van der Waals surface area contributed by atoms with Crippen LogP contribution < -0.4 is 5.32 Å². The van der Waals surface area contributed by atoms with Gasteiger partial charge in [0.2, 0.25) is 0 Å². The minimum Gasteiger partial charge on any atom is -0.375 e. The number of anilines is 1. The van der Waals surface area contributed by atoms with Crippen LogP contribution in [0.5, 0.6) is 0 Å². The van der Waals surface area contributed by atoms with Crippen molar-refractivity contribution in [1.29, 1.82) is 0 Å². The molecule has 0 amide bonds. The maximum atomic E-state index is 4.95. The topological polar surface area (TPSA) is 50.7 Å². The van der Waals surface area contributed by atoms with E-state index in [2.05, 4.69) is 108 Å². The fourth-order valence-corrected chi connectivity index (χ4v) is 7.41. The van der Waals surface area contributed by atoms with Crippen LogP contribution in [0.3, 0.4) is 0 Å². The number of rotatable bonds is 6. The van der Waals surface area contributed by atoms with Crippen LogP contribution in [0, 0.1) is 0 Å². The second-order valence-corrected chi connectivity index (χ2v) is 13.1. The van der Waals surface area contributed by atoms with Crippen molar-refractivity contribution in [2.24, 2.45) is 0 Å². The summed E-state index contributed by atoms with van der Waals surface area (Å²) in [5.74, 6) is 2.88. The predicted molar refractivity (Wildman–Crippen MR) is 204 cm³/mol. The molecule has 7 aromatic carbocycles. The molecule has 4 nitrogen and oxygen atoms in total. The molecular weight excluding hydrogens is 617 g/mol. The molecular formula is C44H30N4S. The van der Waals surface area contributed by atoms with Crippen molar-refractivity contribution in [2.45, 2.75) is 4.90 Å². The molecule has 0 saturated carbocycles. The Morgan fingerprint density at radius 1 is 0.429 bits per heavy atom. The van der Waals surface area contributed by atoms with Gasteiger partial charge in [0.25, 0.3) is 0 Å². The third kappa shape index (κ3) is 5.64. The molecule has 8 aromatic rings. The lowest BCUT2D eigenvalue weighted by atomic mass is 9.88. The highest BCUT2D eigenvalue weighted by molar-refractivity contribution is 7.99. The van der Waals surface area contributed by atoms with Crippen LogP contribution in [-0.2, 0) is 0 Å². The SMILES string of the molecule is c1ccc(-c2nc(-c3ccccc3)nc(-c3ccc(-c4c(-c5cccc(-c6ccc7c(c6)NCS7)c5)ccc5ccccc45)cc3)n2)cc1. The third-order valence-corrected chi connectivity index (χ3v) is 9.99. The molecule has 0 saturated heterocycles. The highest BCUT2D eigenvalue weighted by Gasteiger charge is 2.16. The third-order valence-electron chi connectivity index (χ3n) is 9.04. The van der Waals surface area contributed by atoms with Crippen LogP contribution in [0.4, 0.5) is 5.69 Å². The molecule has 1 aliphatic heterocycles. The molecule has 49 heavy (non-hydrogen) atoms. The average Bonchev–Trinajstić information content (AvgIpc) is 3.66. The summed E-state index contributed by atoms with van der Waals surface area (Å²) in [6, 6.07) is 57.6. The molecule has 5 heteroatoms. The predicted octanol–water partition coefficient (Wildman–Crippen LogP) is 11.5. The first-order valence-corrected chi connectivity index (χ1v) is 17.4. The number of nitrogens with one attached hydrogen (secondary N) is 1. The first-order valence-electron chi connectivity index (χ1n) is 16.4. The molecule has 0 aliphatic carbocycles. The molecule has 9 rings (SSSR count). The van der Waals surface area contributed by atoms with Crippen LogP contribution >= 0.6 is 11.8 Å². The van der Waals surface area contributed by atoms with Crippen molar-refractivity contribution in [2.75, 3.05) is 11.2 Å². The first-order chi connectivity index (χ1) is 24.3. The van der Waals surface area contributed by atoms with Gasteiger partial charge in [0.15, 0.2) is 17.5 Å². The Morgan fingerprint density at radius 3 is 1.69 bits per heavy atom. The van der Waals surface area contributed by atoms with E-state index in [4.69, 9.17) is 15.0 Å². The van der Waals surface area contributed by atoms with Gasteiger partial charge in [-0.05, 0) is 62.4 Å². The zero-order valence-electron chi connectivity index (χ0n) is 26.5. The number of thioether (sulfide) groups is 1. The molecule has 232 valence electrons. The summed E-state index contributed by atoms with van der Waals surface area (Å²) in [6.45, 7) is 0. The van der Waals surface area contributed by atoms with Gasteiger partial charge in [-0.2, -0.15) is 0 Å². The first kappa shape index (κ1) is 29.1. The summed E-state index contributed by atoms with van der Waals surface area (Å²) in [4.78, 5) is 16.1. The Labute approximate surface area is 289 Å². The average molecular weight is 647 g/mol. The smallest absolute Gasteiger partial charge is 0.164 e. The van der Waals surface area contributed by atoms with E-state index in [1.807, 2.05) is 72.4 Å². The van der Waals surface area contributed by atoms with Crippen LogP contribution in [0.2, 0.25) is 0 Å². The fourth-order valence-electron chi connectivity index (χ4n) is 6.58. The standard InChI is InChI=1S/C44H30N4S/c1-3-11-31(12-4-1)42-46-43(32-13-5-2-6-14-32)48-44(47-42)33-20-18-30(19-21-33)41-37-17-8-7-10-29(37)22-24-38(41)36-16-9-15-34(26-36)35-23-25-40-39(27-35)45-28-49-40/h1-27,45H,28H2. The monoisotopic (exact) mass is 646 g/mol. The van der Waals surface area contributed by atoms with Crippen LogP contribution in [0.25, 0.3) is 78.3 Å². The van der Waals surface area contributed by atoms with Gasteiger partial charge < -0.3 is 5.32 Å². The molecule has 0 fully saturated rings. The number of fused-ring (bicyclic) bond motifs is 2. The lowest BCUT2D eigenvalue weighted by Gasteiger charge is -2.16. The second-order valence-electron chi connectivity index (χ2n) is 12.1. The number of nitrogens with zero attached hydrogens (tertiary/aromatic N) is 3. The Balaban J connectivity index is 1.15. The number of hydrogen-bond donors (Lipinski definition) is 1. The number of aromatic nitrogens is 3. The molecule has 0 atom stereocenters. The van der Waals surface area contributed by atoms with Crippen molar-refractivity contribution in [3.05, 3.63) is 164 Å². The molecule has 1 N–H and O–H groups in total. The Morgan fingerprint density at radius 2 is 0.980 bits per heavy atom. The number of benzene rings is 7. The summed E-state index contributed by atoms with van der Waals surface area (Å²) in [5, 5.41) is 5.92. The molecule has 2 heterocycles. The van der Waals surface area contributed by atoms with Gasteiger partial charge in [-0.3, -0.25) is 0 Å². The van der Waals surface area contributed by atoms with E-state index in [0.29, 0.717) is 17.5 Å². The van der Waals surface area contributed by atoms with Gasteiger partial charge in [-0.25, -0.2) is 15.0 Å². The van der Waals surface area contributed by atoms with Crippen LogP contribution in [0.1, 0.15) is 0 Å². The zero-order chi connectivity index (χ0) is 32.6. The lowest BCUT2D eigenvalue weighted by Crippen LogP contribution is -2.00. The van der Waals surface area contributed by atoms with Crippen LogP contribution in [-0.4, -0.2) is 20.8 Å². The van der Waals surface area contributed by atoms with Crippen molar-refractivity contribution in [3.63, 3.8) is 0 Å². The van der Waals surface area contributed by atoms with Crippen molar-refractivity contribution >= 4 is 28.2 Å². The van der Waals surface area contributed by atoms with E-state index in [1.165, 1.54) is 49.2 Å². The Bertz CT molecular complexity index is 2400. The molecule has 0 spiro atoms. The minimum atomic E-state index is 0.646. The summed E-state index contributed by atoms with van der Waals surface area (Å²) >= 11 is 1.85. The van der Waals surface area contributed by atoms with E-state index < -0.39 is 0 Å². The second kappa shape index (κ2) is 12.5. The van der Waals surface area contributed by atoms with Crippen LogP contribution in [0.15, 0.2) is 169 Å². The van der Waals surface area contributed by atoms with E-state index in [1.54, 1.807) is 0 Å². The summed E-state index contributed by atoms with van der Waals surface area (Å²) < 4.78 is 0. The summed E-state index contributed by atoms with van der Waals surface area (Å²) in [7, 11) is 0. The van der Waals surface area contributed by atoms with Gasteiger partial charge in [0.1, 0.15) is 0 Å². The quantitative estimate of drug-likeness (QED) is 0.195. The highest BCUT2D eigenvalue weighted by atomic mass is 32.2. The Hall–Kier alpha value is -6.04. The van der Waals surface area contributed by atoms with Gasteiger partial charge in [-0.15, -0.1) is 11.8 Å². The molecule has 0 bridgehead atoms. The lowest BCUT2D eigenvalue weighted by molar-refractivity contribution is 1.07. The van der Waals surface area contributed by atoms with Crippen molar-refractivity contribution in [1.82, 2.24) is 15.0 Å². The van der Waals surface area contributed by atoms with Gasteiger partial charge >= 0.3 is 0 Å². The number of hydrogen-bond acceptors (Lipinski definition) is 5. The maximum Gasteiger partial charge on any atom is 0.164 e. The largest absolute Gasteiger partial charge is 0.375 e. The fraction of sp³-hybridized carbons (Fsp3) is 0.0227. The maximum absolute atomic E-state index is 4.95. The van der Waals surface area contributed by atoms with Gasteiger partial charge in [-0.1, -0.05) is 146 Å². The highest BCUT2D eigenvalue weighted by Crippen LogP contribution is 2.41. The van der Waals surface area contributed by atoms with Gasteiger partial charge in [0.05, 0.1) is 5.88 Å². The normalized spacial score (nSPS) is 12.1. The summed E-state index contributed by atoms with van der Waals surface area (Å²) in [5.41, 5.74) is 11.2. The van der Waals surface area contributed by atoms with E-state index in [9.17, 15) is 0 Å². The molecule has 1 aliphatic rings. The van der Waals surface area contributed by atoms with E-state index >= 15 is 0 Å². The van der Waals surface area contributed by atoms with Crippen molar-refractivity contribution in [3.8, 4) is 67.5 Å².